The van der Waals surface area contributed by atoms with Crippen LogP contribution in [0.15, 0.2) is 48.5 Å². The molecular formula is C20H21N5O3S. The number of non-ortho nitro benzene ring substituents is 1. The molecule has 0 spiro atoms. The minimum absolute atomic E-state index is 0.0761. The number of aromatic nitrogens is 1. The van der Waals surface area contributed by atoms with Gasteiger partial charge in [0, 0.05) is 44.0 Å². The molecule has 0 bridgehead atoms. The lowest BCUT2D eigenvalue weighted by atomic mass is 10.2. The summed E-state index contributed by atoms with van der Waals surface area (Å²) < 4.78 is 1.04. The highest BCUT2D eigenvalue weighted by Crippen LogP contribution is 2.26. The molecule has 1 aliphatic heterocycles. The van der Waals surface area contributed by atoms with Crippen LogP contribution in [-0.4, -0.2) is 52.9 Å². The number of hydrogen-bond donors (Lipinski definition) is 1. The smallest absolute Gasteiger partial charge is 0.271 e. The third kappa shape index (κ3) is 4.20. The van der Waals surface area contributed by atoms with Crippen molar-refractivity contribution in [3.05, 3.63) is 58.6 Å². The second kappa shape index (κ2) is 8.14. The van der Waals surface area contributed by atoms with Crippen molar-refractivity contribution in [3.8, 4) is 0 Å². The number of nitrogens with zero attached hydrogens (tertiary/aromatic N) is 4. The molecule has 4 rings (SSSR count). The average Bonchev–Trinajstić information content (AvgIpc) is 3.15. The lowest BCUT2D eigenvalue weighted by Gasteiger charge is -2.38. The van der Waals surface area contributed by atoms with Gasteiger partial charge in [0.15, 0.2) is 5.13 Å². The van der Waals surface area contributed by atoms with Gasteiger partial charge in [0.1, 0.15) is 0 Å². The van der Waals surface area contributed by atoms with Gasteiger partial charge in [-0.2, -0.15) is 0 Å². The Bertz CT molecular complexity index is 1010. The highest BCUT2D eigenvalue weighted by molar-refractivity contribution is 7.22. The summed E-state index contributed by atoms with van der Waals surface area (Å²) >= 11 is 1.47. The maximum Gasteiger partial charge on any atom is 0.271 e. The van der Waals surface area contributed by atoms with Crippen LogP contribution in [0.5, 0.6) is 0 Å². The fourth-order valence-corrected chi connectivity index (χ4v) is 4.34. The van der Waals surface area contributed by atoms with Crippen molar-refractivity contribution in [2.24, 2.45) is 0 Å². The largest absolute Gasteiger partial charge is 0.369 e. The van der Waals surface area contributed by atoms with E-state index in [9.17, 15) is 14.9 Å². The van der Waals surface area contributed by atoms with Crippen LogP contribution < -0.4 is 10.2 Å². The number of fused-ring (bicyclic) bond motifs is 1. The number of nitro benzene ring substituents is 1. The predicted octanol–water partition coefficient (Wildman–Crippen LogP) is 3.35. The molecule has 0 saturated carbocycles. The maximum atomic E-state index is 12.7. The van der Waals surface area contributed by atoms with Crippen molar-refractivity contribution in [1.29, 1.82) is 0 Å². The average molecular weight is 411 g/mol. The Morgan fingerprint density at radius 2 is 1.93 bits per heavy atom. The number of nitro groups is 1. The number of carbonyl (C=O) groups is 1. The number of para-hydroxylation sites is 1. The van der Waals surface area contributed by atoms with Gasteiger partial charge in [-0.1, -0.05) is 29.5 Å². The number of benzene rings is 2. The normalized spacial score (nSPS) is 16.0. The molecule has 1 N–H and O–H groups in total. The van der Waals surface area contributed by atoms with Gasteiger partial charge in [-0.05, 0) is 25.1 Å². The van der Waals surface area contributed by atoms with Crippen molar-refractivity contribution >= 4 is 44.0 Å². The Balaban J connectivity index is 1.35. The fraction of sp³-hybridized carbons (Fsp3) is 0.300. The highest BCUT2D eigenvalue weighted by Gasteiger charge is 2.26. The number of hydrogen-bond acceptors (Lipinski definition) is 7. The number of thiazole rings is 1. The van der Waals surface area contributed by atoms with E-state index in [2.05, 4.69) is 20.1 Å². The number of carbonyl (C=O) groups excluding carboxylic acids is 1. The van der Waals surface area contributed by atoms with Crippen LogP contribution in [0.4, 0.5) is 16.5 Å². The summed E-state index contributed by atoms with van der Waals surface area (Å²) in [6, 6.07) is 14.2. The third-order valence-electron chi connectivity index (χ3n) is 5.17. The minimum atomic E-state index is -0.381. The van der Waals surface area contributed by atoms with E-state index in [1.54, 1.807) is 12.1 Å². The van der Waals surface area contributed by atoms with E-state index in [-0.39, 0.29) is 22.6 Å². The number of amides is 1. The Morgan fingerprint density at radius 3 is 2.66 bits per heavy atom. The quantitative estimate of drug-likeness (QED) is 0.511. The molecule has 1 amide bonds. The van der Waals surface area contributed by atoms with Crippen LogP contribution in [0.25, 0.3) is 10.2 Å². The van der Waals surface area contributed by atoms with Crippen molar-refractivity contribution in [1.82, 2.24) is 9.88 Å². The van der Waals surface area contributed by atoms with Crippen LogP contribution in [0.1, 0.15) is 6.92 Å². The third-order valence-corrected chi connectivity index (χ3v) is 6.12. The molecule has 150 valence electrons. The topological polar surface area (TPSA) is 91.6 Å². The molecule has 1 fully saturated rings. The Morgan fingerprint density at radius 1 is 1.17 bits per heavy atom. The van der Waals surface area contributed by atoms with Gasteiger partial charge >= 0.3 is 0 Å². The van der Waals surface area contributed by atoms with Crippen molar-refractivity contribution in [2.45, 2.75) is 13.0 Å². The molecule has 0 radical (unpaired) electrons. The van der Waals surface area contributed by atoms with Crippen molar-refractivity contribution in [2.75, 3.05) is 36.4 Å². The van der Waals surface area contributed by atoms with E-state index in [0.29, 0.717) is 31.3 Å². The second-order valence-electron chi connectivity index (χ2n) is 6.95. The molecule has 3 aromatic rings. The summed E-state index contributed by atoms with van der Waals surface area (Å²) in [7, 11) is 0. The van der Waals surface area contributed by atoms with Gasteiger partial charge in [0.2, 0.25) is 5.91 Å². The Kier molecular flexibility index (Phi) is 5.41. The van der Waals surface area contributed by atoms with Crippen molar-refractivity contribution < 1.29 is 9.72 Å². The maximum absolute atomic E-state index is 12.7. The van der Waals surface area contributed by atoms with Gasteiger partial charge in [0.25, 0.3) is 5.69 Å². The summed E-state index contributed by atoms with van der Waals surface area (Å²) in [5.41, 5.74) is 1.81. The van der Waals surface area contributed by atoms with Gasteiger partial charge < -0.3 is 10.2 Å². The molecule has 29 heavy (non-hydrogen) atoms. The Hall–Kier alpha value is -3.04. The highest BCUT2D eigenvalue weighted by atomic mass is 32.1. The van der Waals surface area contributed by atoms with Crippen LogP contribution in [0.2, 0.25) is 0 Å². The Labute approximate surface area is 171 Å². The second-order valence-corrected chi connectivity index (χ2v) is 7.98. The van der Waals surface area contributed by atoms with Crippen LogP contribution in [-0.2, 0) is 4.79 Å². The van der Waals surface area contributed by atoms with E-state index in [4.69, 9.17) is 0 Å². The zero-order valence-electron chi connectivity index (χ0n) is 15.9. The number of rotatable bonds is 5. The van der Waals surface area contributed by atoms with Gasteiger partial charge in [0.05, 0.1) is 21.2 Å². The van der Waals surface area contributed by atoms with Crippen LogP contribution >= 0.6 is 11.3 Å². The van der Waals surface area contributed by atoms with Crippen LogP contribution in [0, 0.1) is 10.1 Å². The molecule has 2 heterocycles. The van der Waals surface area contributed by atoms with E-state index >= 15 is 0 Å². The summed E-state index contributed by atoms with van der Waals surface area (Å²) in [5, 5.41) is 14.5. The molecule has 2 aromatic carbocycles. The summed E-state index contributed by atoms with van der Waals surface area (Å²) in [4.78, 5) is 32.0. The van der Waals surface area contributed by atoms with Gasteiger partial charge in [-0.15, -0.1) is 0 Å². The summed E-state index contributed by atoms with van der Waals surface area (Å²) in [6.07, 6.45) is 0. The molecule has 1 aromatic heterocycles. The van der Waals surface area contributed by atoms with Crippen LogP contribution in [0.3, 0.4) is 0 Å². The SMILES string of the molecule is CC(C(=O)Nc1nc2ccccc2s1)N1CCN(c2cccc([N+](=O)[O-])c2)CC1. The molecule has 1 saturated heterocycles. The molecule has 8 nitrogen and oxygen atoms in total. The zero-order chi connectivity index (χ0) is 20.4. The standard InChI is InChI=1S/C20H21N5O3S/c1-14(19(26)22-20-21-17-7-2-3-8-18(17)29-20)23-9-11-24(12-10-23)15-5-4-6-16(13-15)25(27)28/h2-8,13-14H,9-12H2,1H3,(H,21,22,26). The monoisotopic (exact) mass is 411 g/mol. The fourth-order valence-electron chi connectivity index (χ4n) is 3.47. The first-order chi connectivity index (χ1) is 14.0. The first-order valence-corrected chi connectivity index (χ1v) is 10.2. The number of nitrogens with one attached hydrogen (secondary N) is 1. The number of anilines is 2. The van der Waals surface area contributed by atoms with E-state index in [1.165, 1.54) is 17.4 Å². The minimum Gasteiger partial charge on any atom is -0.369 e. The summed E-state index contributed by atoms with van der Waals surface area (Å²) in [5.74, 6) is -0.0761. The van der Waals surface area contributed by atoms with Gasteiger partial charge in [-0.3, -0.25) is 19.8 Å². The molecular weight excluding hydrogens is 390 g/mol. The molecule has 1 aliphatic rings. The van der Waals surface area contributed by atoms with E-state index < -0.39 is 0 Å². The summed E-state index contributed by atoms with van der Waals surface area (Å²) in [6.45, 7) is 4.72. The number of piperazine rings is 1. The zero-order valence-corrected chi connectivity index (χ0v) is 16.8. The first kappa shape index (κ1) is 19.3. The van der Waals surface area contributed by atoms with E-state index in [1.807, 2.05) is 37.3 Å². The first-order valence-electron chi connectivity index (χ1n) is 9.41. The molecule has 1 atom stereocenters. The molecule has 0 aliphatic carbocycles. The van der Waals surface area contributed by atoms with Gasteiger partial charge in [-0.25, -0.2) is 4.98 Å². The lowest BCUT2D eigenvalue weighted by Crippen LogP contribution is -2.52. The molecule has 9 heteroatoms. The predicted molar refractivity (Wildman–Crippen MR) is 115 cm³/mol. The van der Waals surface area contributed by atoms with Crippen molar-refractivity contribution in [3.63, 3.8) is 0 Å². The lowest BCUT2D eigenvalue weighted by molar-refractivity contribution is -0.384. The molecule has 1 unspecified atom stereocenters. The van der Waals surface area contributed by atoms with E-state index in [0.717, 1.165) is 15.9 Å².